The third-order valence-electron chi connectivity index (χ3n) is 3.02. The Kier molecular flexibility index (Phi) is 4.65. The molecular weight excluding hydrogens is 292 g/mol. The number of nitrogens with one attached hydrogen (secondary N) is 1. The molecule has 0 saturated carbocycles. The van der Waals surface area contributed by atoms with Gasteiger partial charge in [0.2, 0.25) is 0 Å². The van der Waals surface area contributed by atoms with Crippen molar-refractivity contribution >= 4 is 29.2 Å². The first-order chi connectivity index (χ1) is 10.1. The van der Waals surface area contributed by atoms with E-state index in [2.05, 4.69) is 5.32 Å². The minimum atomic E-state index is -0.505. The molecule has 1 aromatic carbocycles. The van der Waals surface area contributed by atoms with E-state index in [1.165, 1.54) is 7.11 Å². The summed E-state index contributed by atoms with van der Waals surface area (Å²) in [6.07, 6.45) is 1.68. The van der Waals surface area contributed by atoms with E-state index in [-0.39, 0.29) is 5.91 Å². The van der Waals surface area contributed by atoms with E-state index in [0.717, 1.165) is 0 Å². The number of carbonyl (C=O) groups is 2. The van der Waals surface area contributed by atoms with Gasteiger partial charge in [0.05, 0.1) is 23.4 Å². The Bertz CT molecular complexity index is 679. The molecule has 2 rings (SSSR count). The lowest BCUT2D eigenvalue weighted by Crippen LogP contribution is -2.18. The highest BCUT2D eigenvalue weighted by atomic mass is 35.5. The highest BCUT2D eigenvalue weighted by Crippen LogP contribution is 2.19. The van der Waals surface area contributed by atoms with Crippen LogP contribution in [0.2, 0.25) is 5.02 Å². The number of methoxy groups -OCH3 is 1. The van der Waals surface area contributed by atoms with Gasteiger partial charge in [-0.05, 0) is 25.1 Å². The summed E-state index contributed by atoms with van der Waals surface area (Å²) in [6, 6.07) is 8.25. The topological polar surface area (TPSA) is 60.3 Å². The van der Waals surface area contributed by atoms with Crippen LogP contribution in [0.25, 0.3) is 0 Å². The number of aryl methyl sites for hydroxylation is 1. The largest absolute Gasteiger partial charge is 0.465 e. The maximum atomic E-state index is 12.3. The minimum Gasteiger partial charge on any atom is -0.465 e. The van der Waals surface area contributed by atoms with Crippen LogP contribution in [0.5, 0.6) is 0 Å². The van der Waals surface area contributed by atoms with Crippen molar-refractivity contribution in [1.82, 2.24) is 4.57 Å². The summed E-state index contributed by atoms with van der Waals surface area (Å²) in [7, 11) is 1.29. The molecule has 1 amide bonds. The Morgan fingerprint density at radius 2 is 2.05 bits per heavy atom. The average Bonchev–Trinajstić information content (AvgIpc) is 2.88. The fourth-order valence-corrected chi connectivity index (χ4v) is 2.21. The van der Waals surface area contributed by atoms with Gasteiger partial charge in [0, 0.05) is 12.7 Å². The quantitative estimate of drug-likeness (QED) is 0.882. The standard InChI is InChI=1S/C15H15ClN2O3/c1-3-18-9-10(16)8-13(18)14(19)17-12-7-5-4-6-11(12)15(20)21-2/h4-9H,3H2,1-2H3,(H,17,19). The van der Waals surface area contributed by atoms with Gasteiger partial charge in [-0.3, -0.25) is 4.79 Å². The number of rotatable bonds is 4. The van der Waals surface area contributed by atoms with Gasteiger partial charge < -0.3 is 14.6 Å². The van der Waals surface area contributed by atoms with Crippen LogP contribution in [0.15, 0.2) is 36.5 Å². The lowest BCUT2D eigenvalue weighted by molar-refractivity contribution is 0.0602. The van der Waals surface area contributed by atoms with E-state index in [9.17, 15) is 9.59 Å². The third-order valence-corrected chi connectivity index (χ3v) is 3.22. The molecule has 21 heavy (non-hydrogen) atoms. The first kappa shape index (κ1) is 15.1. The number of anilines is 1. The Balaban J connectivity index is 2.30. The van der Waals surface area contributed by atoms with Crippen LogP contribution in [0.4, 0.5) is 5.69 Å². The molecule has 0 fully saturated rings. The molecular formula is C15H15ClN2O3. The second-order valence-corrected chi connectivity index (χ2v) is 4.76. The summed E-state index contributed by atoms with van der Waals surface area (Å²) < 4.78 is 6.43. The Morgan fingerprint density at radius 1 is 1.33 bits per heavy atom. The van der Waals surface area contributed by atoms with Gasteiger partial charge in [0.25, 0.3) is 5.91 Å². The van der Waals surface area contributed by atoms with E-state index in [1.807, 2.05) is 6.92 Å². The maximum Gasteiger partial charge on any atom is 0.339 e. The van der Waals surface area contributed by atoms with Crippen LogP contribution >= 0.6 is 11.6 Å². The third kappa shape index (κ3) is 3.25. The van der Waals surface area contributed by atoms with Crippen molar-refractivity contribution in [2.24, 2.45) is 0 Å². The molecule has 0 atom stereocenters. The Morgan fingerprint density at radius 3 is 2.71 bits per heavy atom. The summed E-state index contributed by atoms with van der Waals surface area (Å²) in [5, 5.41) is 3.20. The minimum absolute atomic E-state index is 0.300. The number of para-hydroxylation sites is 1. The van der Waals surface area contributed by atoms with Crippen LogP contribution in [0.1, 0.15) is 27.8 Å². The van der Waals surface area contributed by atoms with Gasteiger partial charge in [-0.2, -0.15) is 0 Å². The zero-order chi connectivity index (χ0) is 15.4. The molecule has 0 unspecified atom stereocenters. The monoisotopic (exact) mass is 306 g/mol. The number of esters is 1. The SMILES string of the molecule is CCn1cc(Cl)cc1C(=O)Nc1ccccc1C(=O)OC. The summed E-state index contributed by atoms with van der Waals surface area (Å²) in [5.74, 6) is -0.838. The van der Waals surface area contributed by atoms with Crippen molar-refractivity contribution in [2.75, 3.05) is 12.4 Å². The molecule has 5 nitrogen and oxygen atoms in total. The fourth-order valence-electron chi connectivity index (χ4n) is 1.99. The normalized spacial score (nSPS) is 10.2. The Hall–Kier alpha value is -2.27. The van der Waals surface area contributed by atoms with Crippen LogP contribution in [-0.2, 0) is 11.3 Å². The van der Waals surface area contributed by atoms with Crippen molar-refractivity contribution in [3.63, 3.8) is 0 Å². The average molecular weight is 307 g/mol. The zero-order valence-electron chi connectivity index (χ0n) is 11.7. The highest BCUT2D eigenvalue weighted by molar-refractivity contribution is 6.31. The van der Waals surface area contributed by atoms with Crippen LogP contribution < -0.4 is 5.32 Å². The van der Waals surface area contributed by atoms with Crippen molar-refractivity contribution < 1.29 is 14.3 Å². The molecule has 0 spiro atoms. The molecule has 1 aromatic heterocycles. The van der Waals surface area contributed by atoms with Crippen molar-refractivity contribution in [2.45, 2.75) is 13.5 Å². The molecule has 1 N–H and O–H groups in total. The second kappa shape index (κ2) is 6.45. The molecule has 0 aliphatic carbocycles. The first-order valence-corrected chi connectivity index (χ1v) is 6.79. The summed E-state index contributed by atoms with van der Waals surface area (Å²) in [6.45, 7) is 2.53. The van der Waals surface area contributed by atoms with E-state index in [4.69, 9.17) is 16.3 Å². The van der Waals surface area contributed by atoms with Crippen LogP contribution in [-0.4, -0.2) is 23.6 Å². The number of aromatic nitrogens is 1. The molecule has 1 heterocycles. The molecule has 0 radical (unpaired) electrons. The number of nitrogens with zero attached hydrogens (tertiary/aromatic N) is 1. The highest BCUT2D eigenvalue weighted by Gasteiger charge is 2.16. The number of hydrogen-bond acceptors (Lipinski definition) is 3. The van der Waals surface area contributed by atoms with E-state index >= 15 is 0 Å². The predicted octanol–water partition coefficient (Wildman–Crippen LogP) is 3.20. The van der Waals surface area contributed by atoms with Gasteiger partial charge in [0.15, 0.2) is 0 Å². The molecule has 6 heteroatoms. The van der Waals surface area contributed by atoms with E-state index in [0.29, 0.717) is 28.5 Å². The van der Waals surface area contributed by atoms with Gasteiger partial charge >= 0.3 is 5.97 Å². The molecule has 2 aromatic rings. The van der Waals surface area contributed by atoms with Gasteiger partial charge in [-0.1, -0.05) is 23.7 Å². The molecule has 0 saturated heterocycles. The first-order valence-electron chi connectivity index (χ1n) is 6.41. The number of benzene rings is 1. The zero-order valence-corrected chi connectivity index (χ0v) is 12.5. The number of carbonyl (C=O) groups excluding carboxylic acids is 2. The number of hydrogen-bond donors (Lipinski definition) is 1. The predicted molar refractivity (Wildman–Crippen MR) is 80.9 cm³/mol. The summed E-state index contributed by atoms with van der Waals surface area (Å²) in [4.78, 5) is 24.0. The smallest absolute Gasteiger partial charge is 0.339 e. The summed E-state index contributed by atoms with van der Waals surface area (Å²) >= 11 is 5.92. The lowest BCUT2D eigenvalue weighted by atomic mass is 10.1. The maximum absolute atomic E-state index is 12.3. The lowest BCUT2D eigenvalue weighted by Gasteiger charge is -2.10. The van der Waals surface area contributed by atoms with Crippen LogP contribution in [0, 0.1) is 0 Å². The van der Waals surface area contributed by atoms with Gasteiger partial charge in [0.1, 0.15) is 5.69 Å². The number of amides is 1. The second-order valence-electron chi connectivity index (χ2n) is 4.32. The molecule has 110 valence electrons. The van der Waals surface area contributed by atoms with Crippen LogP contribution in [0.3, 0.4) is 0 Å². The van der Waals surface area contributed by atoms with Gasteiger partial charge in [-0.25, -0.2) is 4.79 Å². The van der Waals surface area contributed by atoms with E-state index < -0.39 is 5.97 Å². The number of halogens is 1. The molecule has 0 aliphatic rings. The van der Waals surface area contributed by atoms with Crippen molar-refractivity contribution in [3.05, 3.63) is 52.8 Å². The van der Waals surface area contributed by atoms with Crippen molar-refractivity contribution in [1.29, 1.82) is 0 Å². The number of ether oxygens (including phenoxy) is 1. The van der Waals surface area contributed by atoms with Crippen molar-refractivity contribution in [3.8, 4) is 0 Å². The summed E-state index contributed by atoms with van der Waals surface area (Å²) in [5.41, 5.74) is 1.13. The Labute approximate surface area is 127 Å². The fraction of sp³-hybridized carbons (Fsp3) is 0.200. The van der Waals surface area contributed by atoms with Gasteiger partial charge in [-0.15, -0.1) is 0 Å². The molecule has 0 aliphatic heterocycles. The van der Waals surface area contributed by atoms with E-state index in [1.54, 1.807) is 41.1 Å². The molecule has 0 bridgehead atoms.